The molecule has 0 saturated heterocycles. The fourth-order valence-electron chi connectivity index (χ4n) is 3.71. The van der Waals surface area contributed by atoms with Crippen molar-refractivity contribution in [3.8, 4) is 0 Å². The predicted molar refractivity (Wildman–Crippen MR) is 98.1 cm³/mol. The summed E-state index contributed by atoms with van der Waals surface area (Å²) in [4.78, 5) is 28.4. The molecular weight excluding hydrogens is 328 g/mol. The highest BCUT2D eigenvalue weighted by Crippen LogP contribution is 2.36. The maximum Gasteiger partial charge on any atom is 0.405 e. The minimum absolute atomic E-state index is 0.0126. The Bertz CT molecular complexity index is 1040. The Kier molecular flexibility index (Phi) is 3.92. The summed E-state index contributed by atoms with van der Waals surface area (Å²) in [6.45, 7) is 1.90. The quantitative estimate of drug-likeness (QED) is 0.730. The molecule has 1 aliphatic carbocycles. The lowest BCUT2D eigenvalue weighted by molar-refractivity contribution is 0.103. The van der Waals surface area contributed by atoms with Crippen molar-refractivity contribution >= 4 is 22.6 Å². The first-order valence-electron chi connectivity index (χ1n) is 8.51. The van der Waals surface area contributed by atoms with Crippen LogP contribution in [-0.2, 0) is 11.2 Å². The zero-order chi connectivity index (χ0) is 18.3. The first-order chi connectivity index (χ1) is 12.5. The van der Waals surface area contributed by atoms with Crippen LogP contribution in [0.1, 0.15) is 45.1 Å². The summed E-state index contributed by atoms with van der Waals surface area (Å²) in [6, 6.07) is 11.4. The molecule has 0 aliphatic heterocycles. The zero-order valence-electron chi connectivity index (χ0n) is 14.4. The Hall–Kier alpha value is -3.21. The van der Waals surface area contributed by atoms with E-state index in [-0.39, 0.29) is 11.9 Å². The van der Waals surface area contributed by atoms with Crippen LogP contribution in [-0.4, -0.2) is 16.9 Å². The van der Waals surface area contributed by atoms with E-state index in [1.165, 1.54) is 0 Å². The standard InChI is InChI=1S/C21H18N2O3/c1-12-9-18-13(5-6-19(18)26-21(22)25)10-17(12)20(24)16-4-2-3-14-11-23-8-7-15(14)16/h2-4,7-11,19H,5-6H2,1H3,(H2,22,25). The van der Waals surface area contributed by atoms with Crippen LogP contribution in [0.2, 0.25) is 0 Å². The Morgan fingerprint density at radius 3 is 2.85 bits per heavy atom. The van der Waals surface area contributed by atoms with Gasteiger partial charge in [-0.1, -0.05) is 24.3 Å². The second-order valence-corrected chi connectivity index (χ2v) is 6.56. The van der Waals surface area contributed by atoms with Crippen molar-refractivity contribution in [3.05, 3.63) is 76.6 Å². The number of hydrogen-bond donors (Lipinski definition) is 1. The van der Waals surface area contributed by atoms with E-state index in [4.69, 9.17) is 10.5 Å². The molecule has 2 aromatic carbocycles. The van der Waals surface area contributed by atoms with Crippen LogP contribution in [0.4, 0.5) is 4.79 Å². The van der Waals surface area contributed by atoms with Gasteiger partial charge in [-0.15, -0.1) is 0 Å². The number of nitrogens with two attached hydrogens (primary N) is 1. The molecule has 26 heavy (non-hydrogen) atoms. The topological polar surface area (TPSA) is 82.3 Å². The highest BCUT2D eigenvalue weighted by Gasteiger charge is 2.27. The zero-order valence-corrected chi connectivity index (χ0v) is 14.4. The third-order valence-electron chi connectivity index (χ3n) is 4.94. The monoisotopic (exact) mass is 346 g/mol. The number of amides is 1. The number of aromatic nitrogens is 1. The molecule has 0 fully saturated rings. The normalized spacial score (nSPS) is 15.7. The SMILES string of the molecule is Cc1cc2c(cc1C(=O)c1cccc3cnccc13)CCC2OC(N)=O. The lowest BCUT2D eigenvalue weighted by atomic mass is 9.92. The van der Waals surface area contributed by atoms with Gasteiger partial charge in [-0.25, -0.2) is 4.79 Å². The van der Waals surface area contributed by atoms with Crippen molar-refractivity contribution < 1.29 is 14.3 Å². The average molecular weight is 346 g/mol. The van der Waals surface area contributed by atoms with E-state index < -0.39 is 6.09 Å². The van der Waals surface area contributed by atoms with Crippen LogP contribution in [0.3, 0.4) is 0 Å². The molecule has 0 radical (unpaired) electrons. The molecule has 3 aromatic rings. The fourth-order valence-corrected chi connectivity index (χ4v) is 3.71. The summed E-state index contributed by atoms with van der Waals surface area (Å²) < 4.78 is 5.18. The minimum atomic E-state index is -0.773. The number of pyridine rings is 1. The first kappa shape index (κ1) is 16.3. The molecule has 1 aliphatic rings. The number of hydrogen-bond acceptors (Lipinski definition) is 4. The van der Waals surface area contributed by atoms with Crippen LogP contribution in [0, 0.1) is 6.92 Å². The van der Waals surface area contributed by atoms with Gasteiger partial charge >= 0.3 is 6.09 Å². The number of ether oxygens (including phenoxy) is 1. The molecule has 0 spiro atoms. The number of fused-ring (bicyclic) bond motifs is 2. The van der Waals surface area contributed by atoms with Gasteiger partial charge in [0.15, 0.2) is 5.78 Å². The van der Waals surface area contributed by atoms with E-state index in [0.717, 1.165) is 33.9 Å². The Labute approximate surface area is 150 Å². The van der Waals surface area contributed by atoms with E-state index in [9.17, 15) is 9.59 Å². The largest absolute Gasteiger partial charge is 0.441 e. The third kappa shape index (κ3) is 2.71. The maximum atomic E-state index is 13.2. The molecule has 1 amide bonds. The second-order valence-electron chi connectivity index (χ2n) is 6.56. The van der Waals surface area contributed by atoms with Gasteiger partial charge < -0.3 is 10.5 Å². The van der Waals surface area contributed by atoms with E-state index in [1.807, 2.05) is 43.3 Å². The van der Waals surface area contributed by atoms with Crippen molar-refractivity contribution in [3.63, 3.8) is 0 Å². The molecule has 1 unspecified atom stereocenters. The Morgan fingerprint density at radius 1 is 1.19 bits per heavy atom. The summed E-state index contributed by atoms with van der Waals surface area (Å²) in [5, 5.41) is 1.83. The molecule has 2 N–H and O–H groups in total. The number of carbonyl (C=O) groups is 2. The minimum Gasteiger partial charge on any atom is -0.441 e. The first-order valence-corrected chi connectivity index (χ1v) is 8.51. The van der Waals surface area contributed by atoms with Gasteiger partial charge in [-0.3, -0.25) is 9.78 Å². The number of nitrogens with zero attached hydrogens (tertiary/aromatic N) is 1. The number of primary amides is 1. The Balaban J connectivity index is 1.77. The Morgan fingerprint density at radius 2 is 2.04 bits per heavy atom. The molecule has 1 heterocycles. The van der Waals surface area contributed by atoms with Gasteiger partial charge in [0.25, 0.3) is 0 Å². The highest BCUT2D eigenvalue weighted by molar-refractivity contribution is 6.17. The summed E-state index contributed by atoms with van der Waals surface area (Å²) in [5.74, 6) is -0.0126. The molecular formula is C21H18N2O3. The maximum absolute atomic E-state index is 13.2. The third-order valence-corrected chi connectivity index (χ3v) is 4.94. The van der Waals surface area contributed by atoms with Crippen LogP contribution in [0.25, 0.3) is 10.8 Å². The summed E-state index contributed by atoms with van der Waals surface area (Å²) >= 11 is 0. The average Bonchev–Trinajstić information content (AvgIpc) is 3.01. The lowest BCUT2D eigenvalue weighted by Crippen LogP contribution is -2.16. The number of aryl methyl sites for hydroxylation is 2. The summed E-state index contributed by atoms with van der Waals surface area (Å²) in [7, 11) is 0. The van der Waals surface area contributed by atoms with Gasteiger partial charge in [-0.05, 0) is 54.0 Å². The predicted octanol–water partition coefficient (Wildman–Crippen LogP) is 3.86. The van der Waals surface area contributed by atoms with Gasteiger partial charge in [0.05, 0.1) is 0 Å². The highest BCUT2D eigenvalue weighted by atomic mass is 16.6. The molecule has 4 rings (SSSR count). The molecule has 0 saturated carbocycles. The summed E-state index contributed by atoms with van der Waals surface area (Å²) in [6.07, 6.45) is 3.80. The molecule has 5 nitrogen and oxygen atoms in total. The molecule has 1 aromatic heterocycles. The number of ketones is 1. The van der Waals surface area contributed by atoms with E-state index in [1.54, 1.807) is 12.4 Å². The molecule has 0 bridgehead atoms. The van der Waals surface area contributed by atoms with Crippen LogP contribution >= 0.6 is 0 Å². The van der Waals surface area contributed by atoms with Gasteiger partial charge in [0.1, 0.15) is 6.10 Å². The molecule has 5 heteroatoms. The fraction of sp³-hybridized carbons (Fsp3) is 0.190. The van der Waals surface area contributed by atoms with Crippen molar-refractivity contribution in [2.75, 3.05) is 0 Å². The van der Waals surface area contributed by atoms with E-state index >= 15 is 0 Å². The van der Waals surface area contributed by atoms with Crippen molar-refractivity contribution in [2.24, 2.45) is 5.73 Å². The number of carbonyl (C=O) groups excluding carboxylic acids is 2. The number of rotatable bonds is 3. The van der Waals surface area contributed by atoms with Gasteiger partial charge in [0.2, 0.25) is 0 Å². The van der Waals surface area contributed by atoms with E-state index in [2.05, 4.69) is 4.98 Å². The second kappa shape index (κ2) is 6.26. The van der Waals surface area contributed by atoms with Gasteiger partial charge in [0, 0.05) is 28.9 Å². The van der Waals surface area contributed by atoms with Crippen molar-refractivity contribution in [1.29, 1.82) is 0 Å². The molecule has 130 valence electrons. The van der Waals surface area contributed by atoms with Crippen LogP contribution in [0.5, 0.6) is 0 Å². The smallest absolute Gasteiger partial charge is 0.405 e. The molecule has 1 atom stereocenters. The summed E-state index contributed by atoms with van der Waals surface area (Å²) in [5.41, 5.74) is 9.33. The van der Waals surface area contributed by atoms with Crippen molar-refractivity contribution in [2.45, 2.75) is 25.9 Å². The van der Waals surface area contributed by atoms with Crippen LogP contribution < -0.4 is 5.73 Å². The van der Waals surface area contributed by atoms with E-state index in [0.29, 0.717) is 17.5 Å². The van der Waals surface area contributed by atoms with Crippen LogP contribution in [0.15, 0.2) is 48.8 Å². The van der Waals surface area contributed by atoms with Gasteiger partial charge in [-0.2, -0.15) is 0 Å². The lowest BCUT2D eigenvalue weighted by Gasteiger charge is -2.14. The number of benzene rings is 2. The van der Waals surface area contributed by atoms with Crippen molar-refractivity contribution in [1.82, 2.24) is 4.98 Å².